The Morgan fingerprint density at radius 1 is 1.15 bits per heavy atom. The van der Waals surface area contributed by atoms with Gasteiger partial charge in [-0.25, -0.2) is 4.63 Å². The molecule has 3 aliphatic rings. The van der Waals surface area contributed by atoms with Crippen LogP contribution >= 0.6 is 0 Å². The molecule has 12 nitrogen and oxygen atoms in total. The van der Waals surface area contributed by atoms with Crippen molar-refractivity contribution in [3.05, 3.63) is 65.0 Å². The number of hydrogen-bond donors (Lipinski definition) is 2. The molecule has 12 heteroatoms. The van der Waals surface area contributed by atoms with Gasteiger partial charge in [-0.15, -0.1) is 0 Å². The van der Waals surface area contributed by atoms with Crippen LogP contribution in [-0.2, 0) is 22.6 Å². The van der Waals surface area contributed by atoms with Gasteiger partial charge in [-0.3, -0.25) is 14.4 Å². The highest BCUT2D eigenvalue weighted by Gasteiger charge is 2.35. The van der Waals surface area contributed by atoms with Crippen molar-refractivity contribution in [1.82, 2.24) is 25.8 Å². The number of piperidine rings is 1. The molecule has 0 saturated carbocycles. The van der Waals surface area contributed by atoms with Crippen molar-refractivity contribution in [2.45, 2.75) is 38.5 Å². The van der Waals surface area contributed by atoms with Crippen molar-refractivity contribution >= 4 is 17.7 Å². The summed E-state index contributed by atoms with van der Waals surface area (Å²) in [6, 6.07) is 11.6. The van der Waals surface area contributed by atoms with E-state index in [4.69, 9.17) is 18.8 Å². The Labute approximate surface area is 224 Å². The number of carbonyl (C=O) groups excluding carboxylic acids is 3. The summed E-state index contributed by atoms with van der Waals surface area (Å²) in [4.78, 5) is 40.5. The maximum Gasteiger partial charge on any atom is 0.258 e. The summed E-state index contributed by atoms with van der Waals surface area (Å²) in [5.74, 6) is 0.434. The first-order valence-corrected chi connectivity index (χ1v) is 12.6. The van der Waals surface area contributed by atoms with Crippen LogP contribution in [0.25, 0.3) is 0 Å². The highest BCUT2D eigenvalue weighted by atomic mass is 16.6. The molecule has 3 amide bonds. The van der Waals surface area contributed by atoms with Gasteiger partial charge in [0.15, 0.2) is 18.1 Å². The molecule has 1 aromatic heterocycles. The van der Waals surface area contributed by atoms with Crippen LogP contribution in [0.2, 0.25) is 0 Å². The fourth-order valence-corrected chi connectivity index (χ4v) is 4.54. The molecule has 204 valence electrons. The fourth-order valence-electron chi connectivity index (χ4n) is 4.54. The van der Waals surface area contributed by atoms with Gasteiger partial charge in [0.05, 0.1) is 19.6 Å². The summed E-state index contributed by atoms with van der Waals surface area (Å²) in [5.41, 5.74) is 2.25. The summed E-state index contributed by atoms with van der Waals surface area (Å²) in [6.45, 7) is 2.50. The molecule has 0 radical (unpaired) electrons. The van der Waals surface area contributed by atoms with Crippen LogP contribution in [0.3, 0.4) is 0 Å². The number of carbonyl (C=O) groups is 3. The second kappa shape index (κ2) is 11.4. The first-order valence-electron chi connectivity index (χ1n) is 12.6. The maximum absolute atomic E-state index is 13.4. The highest BCUT2D eigenvalue weighted by Crippen LogP contribution is 2.29. The third kappa shape index (κ3) is 6.11. The number of fused-ring (bicyclic) bond motifs is 7. The van der Waals surface area contributed by atoms with Crippen molar-refractivity contribution in [2.75, 3.05) is 26.8 Å². The van der Waals surface area contributed by atoms with E-state index in [1.165, 1.54) is 13.2 Å². The van der Waals surface area contributed by atoms with E-state index < -0.39 is 6.04 Å². The number of hydrogen-bond acceptors (Lipinski definition) is 9. The number of benzene rings is 2. The van der Waals surface area contributed by atoms with Crippen molar-refractivity contribution in [3.8, 4) is 17.2 Å². The number of nitrogens with zero attached hydrogens (tertiary/aromatic N) is 3. The van der Waals surface area contributed by atoms with Crippen LogP contribution < -0.4 is 24.8 Å². The van der Waals surface area contributed by atoms with E-state index in [1.54, 1.807) is 24.0 Å². The van der Waals surface area contributed by atoms with Crippen molar-refractivity contribution in [2.24, 2.45) is 0 Å². The Kier molecular flexibility index (Phi) is 7.62. The second-order valence-corrected chi connectivity index (χ2v) is 9.41. The van der Waals surface area contributed by atoms with Gasteiger partial charge in [-0.1, -0.05) is 22.4 Å². The molecule has 1 fully saturated rings. The lowest BCUT2D eigenvalue weighted by Crippen LogP contribution is -2.58. The zero-order valence-electron chi connectivity index (χ0n) is 21.6. The summed E-state index contributed by atoms with van der Waals surface area (Å²) in [7, 11) is 1.48. The van der Waals surface area contributed by atoms with E-state index in [-0.39, 0.29) is 49.1 Å². The molecule has 2 N–H and O–H groups in total. The van der Waals surface area contributed by atoms with Gasteiger partial charge < -0.3 is 29.7 Å². The normalized spacial score (nSPS) is 19.6. The molecule has 39 heavy (non-hydrogen) atoms. The number of amides is 3. The Morgan fingerprint density at radius 3 is 2.72 bits per heavy atom. The van der Waals surface area contributed by atoms with Crippen LogP contribution in [0.4, 0.5) is 0 Å². The summed E-state index contributed by atoms with van der Waals surface area (Å²) >= 11 is 0. The smallest absolute Gasteiger partial charge is 0.258 e. The van der Waals surface area contributed by atoms with E-state index in [9.17, 15) is 14.4 Å². The van der Waals surface area contributed by atoms with Crippen molar-refractivity contribution in [3.63, 3.8) is 0 Å². The number of likely N-dealkylation sites (tertiary alicyclic amines) is 1. The van der Waals surface area contributed by atoms with Crippen LogP contribution in [0.5, 0.6) is 17.2 Å². The fraction of sp³-hybridized carbons (Fsp3) is 0.370. The average molecular weight is 536 g/mol. The highest BCUT2D eigenvalue weighted by molar-refractivity contribution is 5.95. The Hall–Kier alpha value is -4.61. The van der Waals surface area contributed by atoms with Gasteiger partial charge in [0, 0.05) is 31.6 Å². The van der Waals surface area contributed by atoms with E-state index in [0.29, 0.717) is 48.0 Å². The number of rotatable bonds is 3. The van der Waals surface area contributed by atoms with Crippen LogP contribution in [0, 0.1) is 6.92 Å². The van der Waals surface area contributed by atoms with E-state index >= 15 is 0 Å². The van der Waals surface area contributed by atoms with Crippen LogP contribution in [0.1, 0.15) is 33.7 Å². The van der Waals surface area contributed by atoms with Crippen molar-refractivity contribution < 1.29 is 33.2 Å². The molecule has 4 bridgehead atoms. The predicted octanol–water partition coefficient (Wildman–Crippen LogP) is 1.42. The average Bonchev–Trinajstić information content (AvgIpc) is 3.35. The van der Waals surface area contributed by atoms with Gasteiger partial charge in [0.25, 0.3) is 11.8 Å². The lowest BCUT2D eigenvalue weighted by molar-refractivity contribution is -0.133. The third-order valence-corrected chi connectivity index (χ3v) is 6.77. The first kappa shape index (κ1) is 26.0. The number of aromatic nitrogens is 2. The molecular formula is C27H29N5O7. The molecule has 1 saturated heterocycles. The van der Waals surface area contributed by atoms with Gasteiger partial charge in [-0.2, -0.15) is 0 Å². The minimum atomic E-state index is -0.503. The van der Waals surface area contributed by atoms with Gasteiger partial charge in [0.2, 0.25) is 5.91 Å². The second-order valence-electron chi connectivity index (χ2n) is 9.41. The molecular weight excluding hydrogens is 506 g/mol. The standard InChI is InChI=1S/C27H29N5O7/c1-16-20(31-39-30-16)12-26(34)32-10-9-22-21(14-32)29-27(35)18-5-8-23(36-2)24(11-18)37-15-25(33)28-13-17-3-6-19(38-22)7-4-17/h3-8,11,21-22H,9-10,12-15H2,1-2H3,(H,28,33)(H,29,35)/t21-,22+/m0/s1. The summed E-state index contributed by atoms with van der Waals surface area (Å²) in [6.07, 6.45) is 0.167. The number of nitrogens with one attached hydrogen (secondary N) is 2. The van der Waals surface area contributed by atoms with E-state index in [1.807, 2.05) is 24.3 Å². The van der Waals surface area contributed by atoms with Crippen LogP contribution in [0.15, 0.2) is 47.1 Å². The molecule has 6 rings (SSSR count). The number of ether oxygens (including phenoxy) is 3. The molecule has 0 spiro atoms. The molecule has 4 heterocycles. The third-order valence-electron chi connectivity index (χ3n) is 6.77. The zero-order valence-corrected chi connectivity index (χ0v) is 21.6. The van der Waals surface area contributed by atoms with Crippen LogP contribution in [-0.4, -0.2) is 71.9 Å². The van der Waals surface area contributed by atoms with Gasteiger partial charge in [-0.05, 0) is 42.8 Å². The molecule has 3 aromatic rings. The number of methoxy groups -OCH3 is 1. The minimum absolute atomic E-state index is 0.0505. The lowest BCUT2D eigenvalue weighted by Gasteiger charge is -2.39. The quantitative estimate of drug-likeness (QED) is 0.508. The topological polar surface area (TPSA) is 145 Å². The predicted molar refractivity (Wildman–Crippen MR) is 136 cm³/mol. The SMILES string of the molecule is COc1ccc2cc1OCC(=O)NCc1ccc(cc1)O[C@@H]1CCN(C(=O)Cc3nonc3C)C[C@@H]1NC2=O. The Bertz CT molecular complexity index is 1360. The summed E-state index contributed by atoms with van der Waals surface area (Å²) < 4.78 is 22.0. The van der Waals surface area contributed by atoms with E-state index in [0.717, 1.165) is 5.56 Å². The minimum Gasteiger partial charge on any atom is -0.493 e. The van der Waals surface area contributed by atoms with Crippen molar-refractivity contribution in [1.29, 1.82) is 0 Å². The molecule has 2 atom stereocenters. The molecule has 2 aromatic carbocycles. The molecule has 0 aliphatic carbocycles. The Morgan fingerprint density at radius 2 is 1.97 bits per heavy atom. The zero-order chi connectivity index (χ0) is 27.4. The lowest BCUT2D eigenvalue weighted by atomic mass is 10.00. The van der Waals surface area contributed by atoms with Gasteiger partial charge >= 0.3 is 0 Å². The number of aryl methyl sites for hydroxylation is 1. The summed E-state index contributed by atoms with van der Waals surface area (Å²) in [5, 5.41) is 13.4. The maximum atomic E-state index is 13.4. The Balaban J connectivity index is 1.41. The first-order chi connectivity index (χ1) is 18.9. The largest absolute Gasteiger partial charge is 0.493 e. The molecule has 3 aliphatic heterocycles. The van der Waals surface area contributed by atoms with E-state index in [2.05, 4.69) is 20.9 Å². The monoisotopic (exact) mass is 535 g/mol. The van der Waals surface area contributed by atoms with Gasteiger partial charge in [0.1, 0.15) is 23.2 Å². The molecule has 0 unspecified atom stereocenters.